The molecule has 0 atom stereocenters. The number of anilines is 2. The first-order valence-corrected chi connectivity index (χ1v) is 20.1. The maximum atomic E-state index is 13.1. The number of guanidine groups is 1. The van der Waals surface area contributed by atoms with Gasteiger partial charge in [-0.05, 0) is 115 Å². The summed E-state index contributed by atoms with van der Waals surface area (Å²) < 4.78 is 8.60. The third kappa shape index (κ3) is 12.2. The van der Waals surface area contributed by atoms with Gasteiger partial charge in [-0.3, -0.25) is 29.6 Å². The lowest BCUT2D eigenvalue weighted by molar-refractivity contribution is -0.137. The van der Waals surface area contributed by atoms with Crippen molar-refractivity contribution in [3.8, 4) is 22.3 Å². The molecule has 0 aliphatic rings. The van der Waals surface area contributed by atoms with Crippen LogP contribution in [0.15, 0.2) is 92.2 Å². The lowest BCUT2D eigenvalue weighted by atomic mass is 9.99. The molecule has 6 N–H and O–H groups in total. The van der Waals surface area contributed by atoms with Crippen LogP contribution in [0.3, 0.4) is 0 Å². The van der Waals surface area contributed by atoms with Gasteiger partial charge in [-0.15, -0.1) is 0 Å². The van der Waals surface area contributed by atoms with Crippen molar-refractivity contribution in [3.05, 3.63) is 122 Å². The fourth-order valence-electron chi connectivity index (χ4n) is 6.66. The molecular formula is C47H58N10O6. The second-order valence-electron chi connectivity index (χ2n) is 16.0. The predicted octanol–water partition coefficient (Wildman–Crippen LogP) is 8.44. The number of hydroxylamine groups is 1. The molecule has 0 aliphatic heterocycles. The maximum absolute atomic E-state index is 13.1. The fourth-order valence-corrected chi connectivity index (χ4v) is 6.66. The smallest absolute Gasteiger partial charge is 0.303 e. The Kier molecular flexibility index (Phi) is 16.2. The highest BCUT2D eigenvalue weighted by atomic mass is 16.5. The molecule has 5 aromatic heterocycles. The van der Waals surface area contributed by atoms with Crippen LogP contribution in [-0.2, 0) is 25.3 Å². The highest BCUT2D eigenvalue weighted by Crippen LogP contribution is 2.29. The zero-order valence-corrected chi connectivity index (χ0v) is 36.7. The molecule has 0 fully saturated rings. The zero-order valence-electron chi connectivity index (χ0n) is 36.7. The van der Waals surface area contributed by atoms with Crippen molar-refractivity contribution in [2.75, 3.05) is 5.32 Å². The second kappa shape index (κ2) is 21.1. The number of nitrogens with zero attached hydrogens (tertiary/aromatic N) is 7. The van der Waals surface area contributed by atoms with Crippen molar-refractivity contribution in [1.29, 1.82) is 0 Å². The summed E-state index contributed by atoms with van der Waals surface area (Å²) >= 11 is 0. The van der Waals surface area contributed by atoms with E-state index in [0.717, 1.165) is 67.6 Å². The van der Waals surface area contributed by atoms with Crippen molar-refractivity contribution in [2.45, 2.75) is 75.7 Å². The summed E-state index contributed by atoms with van der Waals surface area (Å²) in [5.41, 5.74) is 16.6. The van der Waals surface area contributed by atoms with E-state index >= 15 is 0 Å². The Morgan fingerprint density at radius 1 is 0.778 bits per heavy atom. The molecule has 0 unspecified atom stereocenters. The van der Waals surface area contributed by atoms with Gasteiger partial charge in [0.15, 0.2) is 0 Å². The largest absolute Gasteiger partial charge is 0.481 e. The summed E-state index contributed by atoms with van der Waals surface area (Å²) in [6.45, 7) is 15.7. The molecule has 0 saturated heterocycles. The molecular weight excluding hydrogens is 801 g/mol. The number of nitrogens with two attached hydrogens (primary N) is 1. The average molecular weight is 859 g/mol. The van der Waals surface area contributed by atoms with E-state index in [9.17, 15) is 14.4 Å². The van der Waals surface area contributed by atoms with E-state index in [4.69, 9.17) is 20.6 Å². The van der Waals surface area contributed by atoms with Gasteiger partial charge in [0.05, 0.1) is 16.7 Å². The number of aliphatic carboxylic acids is 1. The molecule has 16 nitrogen and oxygen atoms in total. The molecule has 0 radical (unpaired) electrons. The van der Waals surface area contributed by atoms with Crippen molar-refractivity contribution < 1.29 is 19.6 Å². The van der Waals surface area contributed by atoms with E-state index in [2.05, 4.69) is 44.3 Å². The van der Waals surface area contributed by atoms with Crippen LogP contribution in [0.1, 0.15) is 69.9 Å². The average Bonchev–Trinajstić information content (AvgIpc) is 3.65. The number of rotatable bonds is 9. The Hall–Kier alpha value is -7.20. The molecule has 16 heteroatoms. The number of aryl methyl sites for hydroxylation is 6. The third-order valence-corrected chi connectivity index (χ3v) is 9.78. The summed E-state index contributed by atoms with van der Waals surface area (Å²) in [5.74, 6) is 0.887. The summed E-state index contributed by atoms with van der Waals surface area (Å²) in [4.78, 5) is 52.9. The Labute approximate surface area is 366 Å². The highest BCUT2D eigenvalue weighted by molar-refractivity contribution is 5.87. The number of fused-ring (bicyclic) bond motifs is 2. The van der Waals surface area contributed by atoms with E-state index in [-0.39, 0.29) is 36.8 Å². The number of pyridine rings is 4. The summed E-state index contributed by atoms with van der Waals surface area (Å²) in [7, 11) is 3.54. The Bertz CT molecular complexity index is 2890. The van der Waals surface area contributed by atoms with Gasteiger partial charge in [0, 0.05) is 78.3 Å². The molecule has 2 aromatic carbocycles. The Balaban J connectivity index is 0.000000240. The first-order chi connectivity index (χ1) is 29.3. The topological polar surface area (TPSA) is 229 Å². The standard InChI is InChI=1S/C23H25N5O2.C18H19N5O2.C5H10O2.CH4/c1-13(2)8-21-26-23(27-30-21)25-17-7-6-14(3)18(11-17)19-10-16-12-24-15(4)9-20(16)28(5)22(19)29;1-10-4-5-13(21-18(19)22-25)8-14(10)15-7-12-9-20-11(2)6-16(12)23(3)17(15)24;1-4(2)3-5(6)7;/h6-7,9-13H,8H2,1-5H3,(H,25,27);4-9,25H,1-3H3,(H3,19,21,22);4H,3H2,1-2H3,(H,6,7);1H4. The molecule has 0 spiro atoms. The minimum atomic E-state index is -0.713. The van der Waals surface area contributed by atoms with E-state index in [1.165, 1.54) is 0 Å². The van der Waals surface area contributed by atoms with Crippen LogP contribution in [0.4, 0.5) is 17.3 Å². The molecule has 63 heavy (non-hydrogen) atoms. The molecule has 5 heterocycles. The van der Waals surface area contributed by atoms with Crippen molar-refractivity contribution in [3.63, 3.8) is 0 Å². The number of nitrogens with one attached hydrogen (secondary N) is 2. The van der Waals surface area contributed by atoms with E-state index in [0.29, 0.717) is 34.6 Å². The van der Waals surface area contributed by atoms with E-state index in [1.54, 1.807) is 53.2 Å². The number of aromatic nitrogens is 6. The van der Waals surface area contributed by atoms with Crippen LogP contribution < -0.4 is 27.6 Å². The number of benzene rings is 2. The van der Waals surface area contributed by atoms with Gasteiger partial charge in [0.2, 0.25) is 11.9 Å². The normalized spacial score (nSPS) is 11.2. The minimum absolute atomic E-state index is 0. The molecule has 7 aromatic rings. The lowest BCUT2D eigenvalue weighted by Crippen LogP contribution is -2.27. The summed E-state index contributed by atoms with van der Waals surface area (Å²) in [6.07, 6.45) is 4.58. The van der Waals surface area contributed by atoms with Crippen LogP contribution in [0.25, 0.3) is 44.1 Å². The van der Waals surface area contributed by atoms with Gasteiger partial charge in [-0.1, -0.05) is 47.3 Å². The van der Waals surface area contributed by atoms with Gasteiger partial charge in [-0.25, -0.2) is 10.5 Å². The lowest BCUT2D eigenvalue weighted by Gasteiger charge is -2.12. The molecule has 0 amide bonds. The van der Waals surface area contributed by atoms with Gasteiger partial charge < -0.3 is 29.8 Å². The predicted molar refractivity (Wildman–Crippen MR) is 250 cm³/mol. The fraction of sp³-hybridized carbons (Fsp3) is 0.319. The van der Waals surface area contributed by atoms with Crippen molar-refractivity contribution >= 4 is 51.1 Å². The monoisotopic (exact) mass is 858 g/mol. The first kappa shape index (κ1) is 48.5. The number of hydrogen-bond donors (Lipinski definition) is 5. The molecule has 0 bridgehead atoms. The molecule has 0 aliphatic carbocycles. The summed E-state index contributed by atoms with van der Waals surface area (Å²) in [6, 6.07) is 18.8. The van der Waals surface area contributed by atoms with Crippen LogP contribution in [0.2, 0.25) is 0 Å². The SMILES string of the molecule is C.CC(C)CC(=O)O.Cc1cc2c(cn1)cc(-c1cc(N=C(N)NO)ccc1C)c(=O)n2C.Cc1cc2c(cn1)cc(-c1cc(Nc3noc(CC(C)C)n3)ccc1C)c(=O)n2C. The highest BCUT2D eigenvalue weighted by Gasteiger charge is 2.15. The van der Waals surface area contributed by atoms with Gasteiger partial charge in [0.25, 0.3) is 17.1 Å². The van der Waals surface area contributed by atoms with Crippen molar-refractivity contribution in [2.24, 2.45) is 36.7 Å². The number of carbonyl (C=O) groups is 1. The quantitative estimate of drug-likeness (QED) is 0.0522. The number of carboxylic acid groups (broad SMARTS) is 1. The Morgan fingerprint density at radius 3 is 1.78 bits per heavy atom. The zero-order chi connectivity index (χ0) is 45.4. The number of aliphatic imine (C=N–C) groups is 1. The third-order valence-electron chi connectivity index (χ3n) is 9.78. The Morgan fingerprint density at radius 2 is 1.30 bits per heavy atom. The summed E-state index contributed by atoms with van der Waals surface area (Å²) in [5, 5.41) is 25.9. The van der Waals surface area contributed by atoms with Gasteiger partial charge in [0.1, 0.15) is 0 Å². The van der Waals surface area contributed by atoms with Crippen LogP contribution in [0.5, 0.6) is 0 Å². The van der Waals surface area contributed by atoms with Crippen LogP contribution in [-0.4, -0.2) is 51.5 Å². The van der Waals surface area contributed by atoms with Gasteiger partial charge in [-0.2, -0.15) is 4.98 Å². The number of hydrogen-bond acceptors (Lipinski definition) is 11. The number of carboxylic acids is 1. The van der Waals surface area contributed by atoms with E-state index in [1.807, 2.05) is 90.1 Å². The first-order valence-electron chi connectivity index (χ1n) is 20.1. The second-order valence-corrected chi connectivity index (χ2v) is 16.0. The van der Waals surface area contributed by atoms with Crippen LogP contribution >= 0.6 is 0 Å². The molecule has 7 rings (SSSR count). The van der Waals surface area contributed by atoms with Gasteiger partial charge >= 0.3 is 5.97 Å². The molecule has 0 saturated carbocycles. The van der Waals surface area contributed by atoms with E-state index < -0.39 is 5.97 Å². The maximum Gasteiger partial charge on any atom is 0.303 e. The van der Waals surface area contributed by atoms with Crippen molar-refractivity contribution in [1.82, 2.24) is 34.7 Å². The minimum Gasteiger partial charge on any atom is -0.481 e. The molecule has 332 valence electrons. The van der Waals surface area contributed by atoms with Crippen LogP contribution in [0, 0.1) is 39.5 Å².